The van der Waals surface area contributed by atoms with Crippen LogP contribution in [0.5, 0.6) is 0 Å². The lowest BCUT2D eigenvalue weighted by Crippen LogP contribution is -2.43. The first kappa shape index (κ1) is 13.7. The van der Waals surface area contributed by atoms with Crippen LogP contribution < -0.4 is 0 Å². The van der Waals surface area contributed by atoms with Gasteiger partial charge in [0, 0.05) is 18.8 Å². The molecule has 0 saturated heterocycles. The third-order valence-corrected chi connectivity index (χ3v) is 2.11. The van der Waals surface area contributed by atoms with Crippen molar-refractivity contribution in [2.24, 2.45) is 0 Å². The number of hydrogen-bond acceptors (Lipinski definition) is 3. The number of carbonyl (C=O) groups is 2. The number of carbonyl (C=O) groups excluding carboxylic acids is 1. The monoisotopic (exact) mass is 232 g/mol. The number of hydrogen-bond donors (Lipinski definition) is 1. The van der Waals surface area contributed by atoms with Gasteiger partial charge in [0.2, 0.25) is 5.91 Å². The van der Waals surface area contributed by atoms with E-state index >= 15 is 0 Å². The minimum absolute atomic E-state index is 0.0879. The normalized spacial score (nSPS) is 11.5. The molecule has 0 heterocycles. The fourth-order valence-corrected chi connectivity index (χ4v) is 1.22. The molecule has 84 valence electrons. The summed E-state index contributed by atoms with van der Waals surface area (Å²) in [6.45, 7) is 1.53. The molecule has 0 aliphatic heterocycles. The molecule has 0 fully saturated rings. The molecule has 1 atom stereocenters. The van der Waals surface area contributed by atoms with E-state index < -0.39 is 12.0 Å². The predicted molar refractivity (Wildman–Crippen MR) is 54.4 cm³/mol. The van der Waals surface area contributed by atoms with E-state index in [0.717, 1.165) is 4.90 Å². The third-order valence-electron chi connectivity index (χ3n) is 1.92. The van der Waals surface area contributed by atoms with Crippen LogP contribution in [0.25, 0.3) is 0 Å². The van der Waals surface area contributed by atoms with Crippen LogP contribution in [0.15, 0.2) is 0 Å². The van der Waals surface area contributed by atoms with Crippen molar-refractivity contribution in [2.45, 2.75) is 25.8 Å². The Labute approximate surface area is 93.2 Å². The van der Waals surface area contributed by atoms with Crippen molar-refractivity contribution >= 4 is 23.5 Å². The van der Waals surface area contributed by atoms with Crippen molar-refractivity contribution in [1.29, 1.82) is 5.26 Å². The third kappa shape index (κ3) is 4.66. The maximum absolute atomic E-state index is 11.5. The summed E-state index contributed by atoms with van der Waals surface area (Å²) < 4.78 is 0. The highest BCUT2D eigenvalue weighted by molar-refractivity contribution is 6.18. The number of halogens is 1. The van der Waals surface area contributed by atoms with Crippen LogP contribution in [0, 0.1) is 11.3 Å². The molecule has 0 spiro atoms. The highest BCUT2D eigenvalue weighted by Gasteiger charge is 2.24. The molecule has 1 amide bonds. The lowest BCUT2D eigenvalue weighted by atomic mass is 10.2. The minimum Gasteiger partial charge on any atom is -0.480 e. The molecule has 0 aromatic carbocycles. The Hall–Kier alpha value is -1.28. The predicted octanol–water partition coefficient (Wildman–Crippen LogP) is 0.831. The van der Waals surface area contributed by atoms with E-state index in [1.54, 1.807) is 0 Å². The Morgan fingerprint density at radius 2 is 2.20 bits per heavy atom. The van der Waals surface area contributed by atoms with Gasteiger partial charge in [-0.3, -0.25) is 4.79 Å². The molecule has 5 nitrogen and oxygen atoms in total. The summed E-state index contributed by atoms with van der Waals surface area (Å²) in [7, 11) is 0. The van der Waals surface area contributed by atoms with E-state index in [1.165, 1.54) is 6.92 Å². The van der Waals surface area contributed by atoms with Crippen LogP contribution in [0.4, 0.5) is 0 Å². The molecular weight excluding hydrogens is 220 g/mol. The SMILES string of the molecule is CC(C(=O)O)N(CCC#N)C(=O)CCCl. The second-order valence-electron chi connectivity index (χ2n) is 2.95. The van der Waals surface area contributed by atoms with Gasteiger partial charge in [-0.05, 0) is 6.92 Å². The average molecular weight is 233 g/mol. The molecule has 1 N–H and O–H groups in total. The Balaban J connectivity index is 4.50. The molecule has 0 aliphatic carbocycles. The quantitative estimate of drug-likeness (QED) is 0.688. The lowest BCUT2D eigenvalue weighted by molar-refractivity contribution is -0.149. The van der Waals surface area contributed by atoms with Crippen molar-refractivity contribution in [2.75, 3.05) is 12.4 Å². The van der Waals surface area contributed by atoms with Gasteiger partial charge in [0.1, 0.15) is 6.04 Å². The number of rotatable bonds is 6. The first-order chi connectivity index (χ1) is 7.04. The Morgan fingerprint density at radius 1 is 1.60 bits per heavy atom. The van der Waals surface area contributed by atoms with Gasteiger partial charge in [0.25, 0.3) is 0 Å². The number of amides is 1. The van der Waals surface area contributed by atoms with E-state index in [4.69, 9.17) is 22.0 Å². The lowest BCUT2D eigenvalue weighted by Gasteiger charge is -2.25. The summed E-state index contributed by atoms with van der Waals surface area (Å²) in [5, 5.41) is 17.1. The van der Waals surface area contributed by atoms with Gasteiger partial charge < -0.3 is 10.0 Å². The van der Waals surface area contributed by atoms with Gasteiger partial charge in [0.05, 0.1) is 12.5 Å². The van der Waals surface area contributed by atoms with E-state index in [2.05, 4.69) is 0 Å². The number of carboxylic acid groups (broad SMARTS) is 1. The van der Waals surface area contributed by atoms with Crippen LogP contribution in [0.1, 0.15) is 19.8 Å². The summed E-state index contributed by atoms with van der Waals surface area (Å²) in [6.07, 6.45) is 0.205. The fourth-order valence-electron chi connectivity index (χ4n) is 1.06. The first-order valence-corrected chi connectivity index (χ1v) is 5.03. The van der Waals surface area contributed by atoms with E-state index in [-0.39, 0.29) is 31.2 Å². The van der Waals surface area contributed by atoms with Gasteiger partial charge in [-0.25, -0.2) is 4.79 Å². The van der Waals surface area contributed by atoms with Gasteiger partial charge in [-0.15, -0.1) is 11.6 Å². The van der Waals surface area contributed by atoms with E-state index in [0.29, 0.717) is 0 Å². The van der Waals surface area contributed by atoms with Crippen LogP contribution in [-0.2, 0) is 9.59 Å². The van der Waals surface area contributed by atoms with Crippen LogP contribution in [0.2, 0.25) is 0 Å². The summed E-state index contributed by atoms with van der Waals surface area (Å²) >= 11 is 5.40. The molecule has 0 rings (SSSR count). The maximum Gasteiger partial charge on any atom is 0.326 e. The van der Waals surface area contributed by atoms with Gasteiger partial charge in [-0.2, -0.15) is 5.26 Å². The molecule has 15 heavy (non-hydrogen) atoms. The average Bonchev–Trinajstić information content (AvgIpc) is 2.18. The first-order valence-electron chi connectivity index (χ1n) is 4.49. The van der Waals surface area contributed by atoms with Crippen LogP contribution >= 0.6 is 11.6 Å². The smallest absolute Gasteiger partial charge is 0.326 e. The molecule has 0 aliphatic rings. The second-order valence-corrected chi connectivity index (χ2v) is 3.33. The summed E-state index contributed by atoms with van der Waals surface area (Å²) in [6, 6.07) is 0.947. The van der Waals surface area contributed by atoms with Crippen LogP contribution in [-0.4, -0.2) is 40.3 Å². The molecule has 0 saturated carbocycles. The maximum atomic E-state index is 11.5. The molecule has 6 heteroatoms. The number of nitrogens with zero attached hydrogens (tertiary/aromatic N) is 2. The number of aliphatic carboxylic acids is 1. The zero-order valence-corrected chi connectivity index (χ0v) is 9.20. The van der Waals surface area contributed by atoms with E-state index in [9.17, 15) is 9.59 Å². The Morgan fingerprint density at radius 3 is 2.60 bits per heavy atom. The molecule has 1 unspecified atom stereocenters. The van der Waals surface area contributed by atoms with Crippen molar-refractivity contribution < 1.29 is 14.7 Å². The fraction of sp³-hybridized carbons (Fsp3) is 0.667. The van der Waals surface area contributed by atoms with Crippen LogP contribution in [0.3, 0.4) is 0 Å². The van der Waals surface area contributed by atoms with Gasteiger partial charge >= 0.3 is 5.97 Å². The molecule has 0 aromatic heterocycles. The number of carboxylic acids is 1. The second kappa shape index (κ2) is 7.07. The standard InChI is InChI=1S/C9H13ClN2O3/c1-7(9(14)15)12(6-2-5-11)8(13)3-4-10/h7H,2-4,6H2,1H3,(H,14,15). The Kier molecular flexibility index (Phi) is 6.47. The largest absolute Gasteiger partial charge is 0.480 e. The number of nitriles is 1. The zero-order chi connectivity index (χ0) is 11.8. The molecule has 0 aromatic rings. The van der Waals surface area contributed by atoms with Crippen molar-refractivity contribution in [3.05, 3.63) is 0 Å². The zero-order valence-electron chi connectivity index (χ0n) is 8.44. The summed E-state index contributed by atoms with van der Waals surface area (Å²) in [5.74, 6) is -1.28. The van der Waals surface area contributed by atoms with Crippen molar-refractivity contribution in [3.63, 3.8) is 0 Å². The van der Waals surface area contributed by atoms with Gasteiger partial charge in [0.15, 0.2) is 0 Å². The molecular formula is C9H13ClN2O3. The number of alkyl halides is 1. The van der Waals surface area contributed by atoms with Crippen molar-refractivity contribution in [3.8, 4) is 6.07 Å². The highest BCUT2D eigenvalue weighted by Crippen LogP contribution is 2.04. The van der Waals surface area contributed by atoms with Crippen molar-refractivity contribution in [1.82, 2.24) is 4.90 Å². The minimum atomic E-state index is -1.09. The van der Waals surface area contributed by atoms with Gasteiger partial charge in [-0.1, -0.05) is 0 Å². The topological polar surface area (TPSA) is 81.4 Å². The summed E-state index contributed by atoms with van der Waals surface area (Å²) in [5.41, 5.74) is 0. The highest BCUT2D eigenvalue weighted by atomic mass is 35.5. The Bertz CT molecular complexity index is 275. The molecule has 0 radical (unpaired) electrons. The molecule has 0 bridgehead atoms. The van der Waals surface area contributed by atoms with E-state index in [1.807, 2.05) is 6.07 Å². The summed E-state index contributed by atoms with van der Waals surface area (Å²) in [4.78, 5) is 23.3.